The van der Waals surface area contributed by atoms with Crippen LogP contribution in [0.1, 0.15) is 42.5 Å². The summed E-state index contributed by atoms with van der Waals surface area (Å²) in [6.07, 6.45) is 11.4. The highest BCUT2D eigenvalue weighted by atomic mass is 32.2. The quantitative estimate of drug-likeness (QED) is 0.661. The number of aromatic nitrogens is 3. The second kappa shape index (κ2) is 7.59. The average molecular weight is 424 g/mol. The third kappa shape index (κ3) is 3.24. The van der Waals surface area contributed by atoms with Gasteiger partial charge in [0, 0.05) is 42.6 Å². The predicted molar refractivity (Wildman–Crippen MR) is 116 cm³/mol. The summed E-state index contributed by atoms with van der Waals surface area (Å²) in [4.78, 5) is 24.7. The highest BCUT2D eigenvalue weighted by molar-refractivity contribution is 7.99. The summed E-state index contributed by atoms with van der Waals surface area (Å²) < 4.78 is 2.01. The number of hydrogen-bond donors (Lipinski definition) is 2. The van der Waals surface area contributed by atoms with Crippen molar-refractivity contribution in [2.24, 2.45) is 11.1 Å². The van der Waals surface area contributed by atoms with E-state index in [9.17, 15) is 9.90 Å². The highest BCUT2D eigenvalue weighted by Crippen LogP contribution is 2.46. The molecule has 1 unspecified atom stereocenters. The molecule has 0 bridgehead atoms. The molecule has 1 aromatic carbocycles. The molecule has 3 N–H and O–H groups in total. The third-order valence-corrected chi connectivity index (χ3v) is 7.81. The Morgan fingerprint density at radius 2 is 1.97 bits per heavy atom. The van der Waals surface area contributed by atoms with Gasteiger partial charge in [-0.1, -0.05) is 30.3 Å². The fourth-order valence-electron chi connectivity index (χ4n) is 4.98. The van der Waals surface area contributed by atoms with Crippen molar-refractivity contribution >= 4 is 29.3 Å². The van der Waals surface area contributed by atoms with E-state index in [2.05, 4.69) is 9.88 Å². The fourth-order valence-corrected chi connectivity index (χ4v) is 5.98. The molecule has 0 amide bonds. The number of rotatable bonds is 4. The number of benzene rings is 1. The number of carbonyl (C=O) groups is 1. The van der Waals surface area contributed by atoms with Crippen molar-refractivity contribution in [3.63, 3.8) is 0 Å². The van der Waals surface area contributed by atoms with E-state index in [0.717, 1.165) is 48.8 Å². The molecule has 2 fully saturated rings. The summed E-state index contributed by atoms with van der Waals surface area (Å²) in [5.41, 5.74) is 7.82. The van der Waals surface area contributed by atoms with Gasteiger partial charge in [-0.15, -0.1) is 0 Å². The van der Waals surface area contributed by atoms with E-state index in [-0.39, 0.29) is 5.56 Å². The summed E-state index contributed by atoms with van der Waals surface area (Å²) in [6.45, 7) is 1.89. The smallest absolute Gasteiger partial charge is 0.336 e. The number of imidazole rings is 1. The molecule has 1 atom stereocenters. The van der Waals surface area contributed by atoms with Crippen LogP contribution >= 0.6 is 11.8 Å². The molecule has 0 radical (unpaired) electrons. The van der Waals surface area contributed by atoms with Crippen LogP contribution in [-0.2, 0) is 0 Å². The van der Waals surface area contributed by atoms with Gasteiger partial charge in [0.15, 0.2) is 5.65 Å². The standard InChI is InChI=1S/C22H25N5O2S/c23-18-6-3-7-22(18)8-11-26(12-9-22)21-25-14-17(19-24-10-13-27(19)21)30-16-5-2-1-4-15(16)20(28)29/h1-2,4-5,10,13-14,18H,3,6-9,11-12,23H2,(H,28,29). The van der Waals surface area contributed by atoms with Crippen molar-refractivity contribution in [3.05, 3.63) is 48.4 Å². The molecule has 30 heavy (non-hydrogen) atoms. The summed E-state index contributed by atoms with van der Waals surface area (Å²) in [7, 11) is 0. The molecule has 2 aliphatic rings. The first-order valence-electron chi connectivity index (χ1n) is 10.4. The molecule has 1 aliphatic carbocycles. The third-order valence-electron chi connectivity index (χ3n) is 6.73. The first-order chi connectivity index (χ1) is 14.6. The van der Waals surface area contributed by atoms with Gasteiger partial charge < -0.3 is 15.7 Å². The Kier molecular flexibility index (Phi) is 4.91. The highest BCUT2D eigenvalue weighted by Gasteiger charge is 2.43. The first-order valence-corrected chi connectivity index (χ1v) is 11.2. The lowest BCUT2D eigenvalue weighted by atomic mass is 9.74. The number of nitrogens with zero attached hydrogens (tertiary/aromatic N) is 4. The Morgan fingerprint density at radius 3 is 2.70 bits per heavy atom. The largest absolute Gasteiger partial charge is 0.478 e. The van der Waals surface area contributed by atoms with Crippen LogP contribution in [0.4, 0.5) is 5.95 Å². The number of nitrogens with two attached hydrogens (primary N) is 1. The number of hydrogen-bond acceptors (Lipinski definition) is 6. The van der Waals surface area contributed by atoms with Gasteiger partial charge in [0.2, 0.25) is 5.95 Å². The van der Waals surface area contributed by atoms with Gasteiger partial charge in [0.25, 0.3) is 0 Å². The van der Waals surface area contributed by atoms with E-state index in [1.807, 2.05) is 28.9 Å². The molecule has 1 saturated heterocycles. The molecule has 2 aromatic heterocycles. The molecule has 1 saturated carbocycles. The van der Waals surface area contributed by atoms with Crippen LogP contribution in [0.3, 0.4) is 0 Å². The van der Waals surface area contributed by atoms with E-state index in [0.29, 0.717) is 16.4 Å². The van der Waals surface area contributed by atoms with Crippen molar-refractivity contribution in [1.82, 2.24) is 14.4 Å². The van der Waals surface area contributed by atoms with Gasteiger partial charge in [-0.25, -0.2) is 14.8 Å². The molecule has 5 rings (SSSR count). The van der Waals surface area contributed by atoms with E-state index in [1.165, 1.54) is 24.6 Å². The lowest BCUT2D eigenvalue weighted by Crippen LogP contribution is -2.47. The summed E-state index contributed by atoms with van der Waals surface area (Å²) in [5.74, 6) is -0.0470. The molecule has 8 heteroatoms. The fraction of sp³-hybridized carbons (Fsp3) is 0.409. The monoisotopic (exact) mass is 423 g/mol. The Morgan fingerprint density at radius 1 is 1.17 bits per heavy atom. The number of piperidine rings is 1. The minimum absolute atomic E-state index is 0.283. The zero-order valence-electron chi connectivity index (χ0n) is 16.7. The molecule has 1 aliphatic heterocycles. The normalized spacial score (nSPS) is 20.8. The lowest BCUT2D eigenvalue weighted by Gasteiger charge is -2.42. The van der Waals surface area contributed by atoms with Crippen molar-refractivity contribution in [2.45, 2.75) is 47.9 Å². The lowest BCUT2D eigenvalue weighted by molar-refractivity contribution is 0.0693. The van der Waals surface area contributed by atoms with Crippen LogP contribution in [-0.4, -0.2) is 44.6 Å². The minimum atomic E-state index is -0.936. The topological polar surface area (TPSA) is 96.8 Å². The van der Waals surface area contributed by atoms with Gasteiger partial charge in [-0.3, -0.25) is 4.40 Å². The molecular formula is C22H25N5O2S. The number of fused-ring (bicyclic) bond motifs is 1. The van der Waals surface area contributed by atoms with Crippen LogP contribution in [0.2, 0.25) is 0 Å². The van der Waals surface area contributed by atoms with Gasteiger partial charge >= 0.3 is 5.97 Å². The number of carboxylic acids is 1. The van der Waals surface area contributed by atoms with Crippen LogP contribution in [0.15, 0.2) is 52.6 Å². The van der Waals surface area contributed by atoms with Gasteiger partial charge in [0.1, 0.15) is 0 Å². The number of carboxylic acid groups (broad SMARTS) is 1. The van der Waals surface area contributed by atoms with Crippen molar-refractivity contribution < 1.29 is 9.90 Å². The van der Waals surface area contributed by atoms with E-state index in [1.54, 1.807) is 18.3 Å². The zero-order valence-corrected chi connectivity index (χ0v) is 17.5. The summed E-state index contributed by atoms with van der Waals surface area (Å²) >= 11 is 1.39. The maximum absolute atomic E-state index is 11.6. The molecular weight excluding hydrogens is 398 g/mol. The van der Waals surface area contributed by atoms with Crippen molar-refractivity contribution in [1.29, 1.82) is 0 Å². The minimum Gasteiger partial charge on any atom is -0.478 e. The molecule has 156 valence electrons. The Hall–Kier alpha value is -2.58. The van der Waals surface area contributed by atoms with Crippen LogP contribution < -0.4 is 10.6 Å². The molecule has 3 heterocycles. The van der Waals surface area contributed by atoms with E-state index >= 15 is 0 Å². The van der Waals surface area contributed by atoms with Crippen molar-refractivity contribution in [3.8, 4) is 0 Å². The molecule has 1 spiro atoms. The molecule has 3 aromatic rings. The summed E-state index contributed by atoms with van der Waals surface area (Å²) in [5, 5.41) is 9.47. The summed E-state index contributed by atoms with van der Waals surface area (Å²) in [6, 6.07) is 7.34. The van der Waals surface area contributed by atoms with Crippen LogP contribution in [0.25, 0.3) is 5.65 Å². The molecule has 7 nitrogen and oxygen atoms in total. The Labute approximate surface area is 179 Å². The van der Waals surface area contributed by atoms with Crippen LogP contribution in [0, 0.1) is 5.41 Å². The van der Waals surface area contributed by atoms with Crippen LogP contribution in [0.5, 0.6) is 0 Å². The predicted octanol–water partition coefficient (Wildman–Crippen LogP) is 3.68. The second-order valence-corrected chi connectivity index (χ2v) is 9.38. The number of anilines is 1. The Bertz CT molecular complexity index is 1090. The second-order valence-electron chi connectivity index (χ2n) is 8.29. The number of aromatic carboxylic acids is 1. The van der Waals surface area contributed by atoms with Gasteiger partial charge in [-0.2, -0.15) is 0 Å². The van der Waals surface area contributed by atoms with Gasteiger partial charge in [0.05, 0.1) is 10.5 Å². The maximum atomic E-state index is 11.6. The van der Waals surface area contributed by atoms with E-state index in [4.69, 9.17) is 10.7 Å². The van der Waals surface area contributed by atoms with Gasteiger partial charge in [-0.05, 0) is 43.2 Å². The first kappa shape index (κ1) is 19.4. The van der Waals surface area contributed by atoms with Crippen molar-refractivity contribution in [2.75, 3.05) is 18.0 Å². The zero-order chi connectivity index (χ0) is 20.7. The SMILES string of the molecule is NC1CCCC12CCN(c1ncc(Sc3ccccc3C(=O)O)c3nccn13)CC2. The van der Waals surface area contributed by atoms with E-state index < -0.39 is 5.97 Å². The maximum Gasteiger partial charge on any atom is 0.336 e. The Balaban J connectivity index is 1.42. The average Bonchev–Trinajstić information content (AvgIpc) is 3.37.